The van der Waals surface area contributed by atoms with Gasteiger partial charge in [-0.15, -0.1) is 0 Å². The lowest BCUT2D eigenvalue weighted by molar-refractivity contribution is 0.0407. The van der Waals surface area contributed by atoms with Gasteiger partial charge in [-0.3, -0.25) is 0 Å². The first-order valence-corrected chi connectivity index (χ1v) is 5.96. The van der Waals surface area contributed by atoms with E-state index in [-0.39, 0.29) is 0 Å². The zero-order chi connectivity index (χ0) is 10.9. The Kier molecular flexibility index (Phi) is 2.83. The second kappa shape index (κ2) is 3.97. The van der Waals surface area contributed by atoms with Gasteiger partial charge < -0.3 is 5.11 Å². The van der Waals surface area contributed by atoms with Crippen LogP contribution >= 0.6 is 0 Å². The fraction of sp³-hybridized carbons (Fsp3) is 0.571. The third-order valence-corrected chi connectivity index (χ3v) is 3.61. The van der Waals surface area contributed by atoms with Gasteiger partial charge in [0.15, 0.2) is 0 Å². The van der Waals surface area contributed by atoms with Crippen molar-refractivity contribution in [1.29, 1.82) is 0 Å². The predicted octanol–water partition coefficient (Wildman–Crippen LogP) is 3.26. The lowest BCUT2D eigenvalue weighted by Crippen LogP contribution is -2.21. The Balaban J connectivity index is 2.28. The quantitative estimate of drug-likeness (QED) is 0.784. The first-order valence-electron chi connectivity index (χ1n) is 5.96. The minimum Gasteiger partial charge on any atom is -0.385 e. The first kappa shape index (κ1) is 10.7. The van der Waals surface area contributed by atoms with E-state index in [1.54, 1.807) is 0 Å². The lowest BCUT2D eigenvalue weighted by atomic mass is 9.90. The number of hydrogen-bond donors (Lipinski definition) is 1. The van der Waals surface area contributed by atoms with Crippen LogP contribution in [-0.4, -0.2) is 5.11 Å². The van der Waals surface area contributed by atoms with E-state index in [1.807, 2.05) is 0 Å². The van der Waals surface area contributed by atoms with Gasteiger partial charge in [-0.1, -0.05) is 38.1 Å². The second-order valence-electron chi connectivity index (χ2n) is 4.93. The molecule has 15 heavy (non-hydrogen) atoms. The van der Waals surface area contributed by atoms with Crippen LogP contribution < -0.4 is 0 Å². The number of aryl methyl sites for hydroxylation is 1. The highest BCUT2D eigenvalue weighted by atomic mass is 16.3. The van der Waals surface area contributed by atoms with E-state index >= 15 is 0 Å². The van der Waals surface area contributed by atoms with Gasteiger partial charge in [0, 0.05) is 0 Å². The van der Waals surface area contributed by atoms with E-state index in [9.17, 15) is 5.11 Å². The number of benzene rings is 1. The molecule has 0 spiro atoms. The minimum atomic E-state index is -0.551. The maximum absolute atomic E-state index is 10.6. The molecule has 1 aliphatic carbocycles. The highest BCUT2D eigenvalue weighted by molar-refractivity contribution is 5.29. The fourth-order valence-electron chi connectivity index (χ4n) is 2.61. The van der Waals surface area contributed by atoms with Crippen LogP contribution in [0.1, 0.15) is 44.2 Å². The summed E-state index contributed by atoms with van der Waals surface area (Å²) >= 11 is 0. The summed E-state index contributed by atoms with van der Waals surface area (Å²) in [6.45, 7) is 4.38. The molecule has 0 heterocycles. The minimum absolute atomic E-state index is 0.551. The van der Waals surface area contributed by atoms with E-state index in [0.717, 1.165) is 31.2 Å². The number of aliphatic hydroxyl groups is 1. The van der Waals surface area contributed by atoms with Crippen LogP contribution in [-0.2, 0) is 12.0 Å². The van der Waals surface area contributed by atoms with Gasteiger partial charge in [0.1, 0.15) is 0 Å². The second-order valence-corrected chi connectivity index (χ2v) is 4.93. The SMILES string of the molecule is CCc1cccc(C2(O)CCC(C)C2)c1. The molecule has 0 aliphatic heterocycles. The van der Waals surface area contributed by atoms with Crippen molar-refractivity contribution >= 4 is 0 Å². The average Bonchev–Trinajstić information content (AvgIpc) is 2.60. The van der Waals surface area contributed by atoms with Gasteiger partial charge in [-0.25, -0.2) is 0 Å². The molecule has 1 nitrogen and oxygen atoms in total. The maximum atomic E-state index is 10.6. The molecule has 0 bridgehead atoms. The van der Waals surface area contributed by atoms with Gasteiger partial charge in [-0.05, 0) is 42.7 Å². The van der Waals surface area contributed by atoms with E-state index in [2.05, 4.69) is 38.1 Å². The molecule has 2 unspecified atom stereocenters. The molecule has 1 aromatic carbocycles. The standard InChI is InChI=1S/C14H20O/c1-3-12-5-4-6-13(9-12)14(15)8-7-11(2)10-14/h4-6,9,11,15H,3,7-8,10H2,1-2H3. The largest absolute Gasteiger partial charge is 0.385 e. The van der Waals surface area contributed by atoms with Gasteiger partial charge in [-0.2, -0.15) is 0 Å². The molecule has 0 saturated heterocycles. The molecular formula is C14H20O. The topological polar surface area (TPSA) is 20.2 Å². The number of rotatable bonds is 2. The predicted molar refractivity (Wildman–Crippen MR) is 62.7 cm³/mol. The monoisotopic (exact) mass is 204 g/mol. The van der Waals surface area contributed by atoms with Crippen molar-refractivity contribution in [3.63, 3.8) is 0 Å². The maximum Gasteiger partial charge on any atom is 0.0899 e. The van der Waals surface area contributed by atoms with Crippen LogP contribution in [0.4, 0.5) is 0 Å². The van der Waals surface area contributed by atoms with Crippen LogP contribution in [0.25, 0.3) is 0 Å². The highest BCUT2D eigenvalue weighted by Crippen LogP contribution is 2.41. The molecule has 1 aromatic rings. The van der Waals surface area contributed by atoms with Crippen LogP contribution in [0.15, 0.2) is 24.3 Å². The molecule has 2 atom stereocenters. The van der Waals surface area contributed by atoms with Gasteiger partial charge >= 0.3 is 0 Å². The molecule has 0 aromatic heterocycles. The van der Waals surface area contributed by atoms with E-state index in [4.69, 9.17) is 0 Å². The molecule has 0 amide bonds. The molecule has 1 N–H and O–H groups in total. The van der Waals surface area contributed by atoms with Crippen LogP contribution in [0.5, 0.6) is 0 Å². The smallest absolute Gasteiger partial charge is 0.0899 e. The van der Waals surface area contributed by atoms with Crippen molar-refractivity contribution in [3.05, 3.63) is 35.4 Å². The Morgan fingerprint density at radius 3 is 2.87 bits per heavy atom. The highest BCUT2D eigenvalue weighted by Gasteiger charge is 2.36. The Morgan fingerprint density at radius 2 is 2.27 bits per heavy atom. The van der Waals surface area contributed by atoms with Crippen molar-refractivity contribution in [2.24, 2.45) is 5.92 Å². The third-order valence-electron chi connectivity index (χ3n) is 3.61. The Labute approximate surface area is 92.1 Å². The lowest BCUT2D eigenvalue weighted by Gasteiger charge is -2.23. The van der Waals surface area contributed by atoms with E-state index < -0.39 is 5.60 Å². The van der Waals surface area contributed by atoms with Gasteiger partial charge in [0.25, 0.3) is 0 Å². The summed E-state index contributed by atoms with van der Waals surface area (Å²) in [5, 5.41) is 10.6. The first-order chi connectivity index (χ1) is 7.14. The van der Waals surface area contributed by atoms with E-state index in [0.29, 0.717) is 5.92 Å². The summed E-state index contributed by atoms with van der Waals surface area (Å²) in [6.07, 6.45) is 4.02. The van der Waals surface area contributed by atoms with Crippen LogP contribution in [0, 0.1) is 5.92 Å². The van der Waals surface area contributed by atoms with Crippen molar-refractivity contribution in [2.75, 3.05) is 0 Å². The molecule has 1 aliphatic rings. The summed E-state index contributed by atoms with van der Waals surface area (Å²) in [6, 6.07) is 8.43. The Morgan fingerprint density at radius 1 is 1.47 bits per heavy atom. The molecular weight excluding hydrogens is 184 g/mol. The van der Waals surface area contributed by atoms with Crippen molar-refractivity contribution in [2.45, 2.75) is 45.1 Å². The van der Waals surface area contributed by atoms with Gasteiger partial charge in [0.05, 0.1) is 5.60 Å². The zero-order valence-corrected chi connectivity index (χ0v) is 9.66. The Hall–Kier alpha value is -0.820. The van der Waals surface area contributed by atoms with Crippen molar-refractivity contribution in [1.82, 2.24) is 0 Å². The third kappa shape index (κ3) is 2.07. The van der Waals surface area contributed by atoms with Gasteiger partial charge in [0.2, 0.25) is 0 Å². The molecule has 0 radical (unpaired) electrons. The molecule has 2 rings (SSSR count). The van der Waals surface area contributed by atoms with E-state index in [1.165, 1.54) is 5.56 Å². The Bertz CT molecular complexity index is 345. The zero-order valence-electron chi connectivity index (χ0n) is 9.66. The molecule has 82 valence electrons. The molecule has 1 fully saturated rings. The van der Waals surface area contributed by atoms with Crippen LogP contribution in [0.3, 0.4) is 0 Å². The fourth-order valence-corrected chi connectivity index (χ4v) is 2.61. The summed E-state index contributed by atoms with van der Waals surface area (Å²) < 4.78 is 0. The summed E-state index contributed by atoms with van der Waals surface area (Å²) in [5.41, 5.74) is 1.89. The average molecular weight is 204 g/mol. The van der Waals surface area contributed by atoms with Crippen molar-refractivity contribution in [3.8, 4) is 0 Å². The van der Waals surface area contributed by atoms with Crippen LogP contribution in [0.2, 0.25) is 0 Å². The normalized spacial score (nSPS) is 30.7. The summed E-state index contributed by atoms with van der Waals surface area (Å²) in [5.74, 6) is 0.653. The number of hydrogen-bond acceptors (Lipinski definition) is 1. The molecule has 1 saturated carbocycles. The van der Waals surface area contributed by atoms with Crippen molar-refractivity contribution < 1.29 is 5.11 Å². The summed E-state index contributed by atoms with van der Waals surface area (Å²) in [4.78, 5) is 0. The molecule has 1 heteroatoms. The summed E-state index contributed by atoms with van der Waals surface area (Å²) in [7, 11) is 0.